The monoisotopic (exact) mass is 338 g/mol. The maximum atomic E-state index is 9.09. The summed E-state index contributed by atoms with van der Waals surface area (Å²) in [6.45, 7) is 18.7. The van der Waals surface area contributed by atoms with Crippen LogP contribution in [0, 0.1) is 22.7 Å². The highest BCUT2D eigenvalue weighted by atomic mass is 16.3. The average Bonchev–Trinajstić information content (AvgIpc) is 2.40. The van der Waals surface area contributed by atoms with Crippen molar-refractivity contribution in [3.63, 3.8) is 0 Å². The lowest BCUT2D eigenvalue weighted by Gasteiger charge is -2.44. The molecule has 0 heterocycles. The molecule has 2 nitrogen and oxygen atoms in total. The van der Waals surface area contributed by atoms with Gasteiger partial charge in [-0.25, -0.2) is 0 Å². The molecule has 2 atom stereocenters. The number of aliphatic hydroxyl groups excluding tert-OH is 2. The van der Waals surface area contributed by atoms with E-state index in [1.54, 1.807) is 0 Å². The fourth-order valence-corrected chi connectivity index (χ4v) is 3.76. The van der Waals surface area contributed by atoms with E-state index in [0.29, 0.717) is 11.8 Å². The Hall–Kier alpha value is -0.600. The molecule has 0 amide bonds. The van der Waals surface area contributed by atoms with E-state index in [1.807, 2.05) is 12.2 Å². The Morgan fingerprint density at radius 1 is 0.708 bits per heavy atom. The Balaban J connectivity index is 5.30. The van der Waals surface area contributed by atoms with E-state index in [9.17, 15) is 0 Å². The fourth-order valence-electron chi connectivity index (χ4n) is 3.76. The SMILES string of the molecule is C/C(=C\CO)CCC(C(CC/C(C)=C/CO)C(C)(C)C)C(C)(C)C. The summed E-state index contributed by atoms with van der Waals surface area (Å²) in [6, 6.07) is 0. The second-order valence-corrected chi connectivity index (χ2v) is 9.49. The van der Waals surface area contributed by atoms with E-state index in [4.69, 9.17) is 10.2 Å². The summed E-state index contributed by atoms with van der Waals surface area (Å²) in [5, 5.41) is 18.2. The van der Waals surface area contributed by atoms with Gasteiger partial charge < -0.3 is 10.2 Å². The molecule has 0 saturated heterocycles. The van der Waals surface area contributed by atoms with Crippen LogP contribution < -0.4 is 0 Å². The first-order valence-corrected chi connectivity index (χ1v) is 9.46. The summed E-state index contributed by atoms with van der Waals surface area (Å²) in [7, 11) is 0. The molecule has 2 unspecified atom stereocenters. The highest BCUT2D eigenvalue weighted by Crippen LogP contribution is 2.46. The molecule has 0 aromatic rings. The topological polar surface area (TPSA) is 40.5 Å². The summed E-state index contributed by atoms with van der Waals surface area (Å²) >= 11 is 0. The summed E-state index contributed by atoms with van der Waals surface area (Å²) < 4.78 is 0. The fraction of sp³-hybridized carbons (Fsp3) is 0.818. The quantitative estimate of drug-likeness (QED) is 0.526. The minimum atomic E-state index is 0.139. The summed E-state index contributed by atoms with van der Waals surface area (Å²) in [5.74, 6) is 1.25. The molecule has 0 rings (SSSR count). The van der Waals surface area contributed by atoms with Crippen molar-refractivity contribution in [3.05, 3.63) is 23.3 Å². The van der Waals surface area contributed by atoms with Gasteiger partial charge in [0, 0.05) is 0 Å². The van der Waals surface area contributed by atoms with Crippen LogP contribution >= 0.6 is 0 Å². The van der Waals surface area contributed by atoms with Crippen LogP contribution in [-0.2, 0) is 0 Å². The maximum absolute atomic E-state index is 9.09. The second kappa shape index (κ2) is 10.4. The molecule has 0 aliphatic rings. The van der Waals surface area contributed by atoms with Gasteiger partial charge in [-0.2, -0.15) is 0 Å². The second-order valence-electron chi connectivity index (χ2n) is 9.49. The van der Waals surface area contributed by atoms with Gasteiger partial charge in [0.2, 0.25) is 0 Å². The highest BCUT2D eigenvalue weighted by Gasteiger charge is 2.37. The first-order chi connectivity index (χ1) is 10.9. The normalized spacial score (nSPS) is 17.1. The molecule has 0 bridgehead atoms. The van der Waals surface area contributed by atoms with Crippen LogP contribution in [0.15, 0.2) is 23.3 Å². The van der Waals surface area contributed by atoms with Crippen molar-refractivity contribution in [2.45, 2.75) is 81.1 Å². The summed E-state index contributed by atoms with van der Waals surface area (Å²) in [5.41, 5.74) is 3.09. The van der Waals surface area contributed by atoms with Crippen LogP contribution in [0.25, 0.3) is 0 Å². The first kappa shape index (κ1) is 23.4. The predicted molar refractivity (Wildman–Crippen MR) is 106 cm³/mol. The molecule has 0 aromatic heterocycles. The zero-order valence-corrected chi connectivity index (χ0v) is 17.4. The minimum absolute atomic E-state index is 0.139. The van der Waals surface area contributed by atoms with Crippen LogP contribution in [0.2, 0.25) is 0 Å². The smallest absolute Gasteiger partial charge is 0.0614 e. The Labute approximate surface area is 151 Å². The third kappa shape index (κ3) is 9.03. The number of rotatable bonds is 9. The maximum Gasteiger partial charge on any atom is 0.0614 e. The lowest BCUT2D eigenvalue weighted by atomic mass is 9.61. The Bertz CT molecular complexity index is 365. The Morgan fingerprint density at radius 3 is 1.21 bits per heavy atom. The molecule has 0 saturated carbocycles. The van der Waals surface area contributed by atoms with E-state index in [-0.39, 0.29) is 24.0 Å². The lowest BCUT2D eigenvalue weighted by Crippen LogP contribution is -2.36. The van der Waals surface area contributed by atoms with Gasteiger partial charge in [0.05, 0.1) is 13.2 Å². The van der Waals surface area contributed by atoms with Gasteiger partial charge in [-0.3, -0.25) is 0 Å². The standard InChI is InChI=1S/C22H42O2/c1-17(13-15-23)9-11-19(21(3,4)5)20(22(6,7)8)12-10-18(2)14-16-24/h13-14,19-20,23-24H,9-12,15-16H2,1-8H3/b17-13+,18-14+. The van der Waals surface area contributed by atoms with E-state index in [0.717, 1.165) is 25.7 Å². The van der Waals surface area contributed by atoms with Crippen molar-refractivity contribution in [2.75, 3.05) is 13.2 Å². The molecule has 2 heteroatoms. The minimum Gasteiger partial charge on any atom is -0.392 e. The van der Waals surface area contributed by atoms with Crippen LogP contribution in [0.3, 0.4) is 0 Å². The zero-order valence-electron chi connectivity index (χ0n) is 17.4. The van der Waals surface area contributed by atoms with Gasteiger partial charge in [0.25, 0.3) is 0 Å². The zero-order chi connectivity index (χ0) is 19.0. The molecule has 0 radical (unpaired) electrons. The lowest BCUT2D eigenvalue weighted by molar-refractivity contribution is 0.0577. The van der Waals surface area contributed by atoms with E-state index < -0.39 is 0 Å². The third-order valence-electron chi connectivity index (χ3n) is 5.29. The molecule has 2 N–H and O–H groups in total. The molecule has 0 fully saturated rings. The number of hydrogen-bond donors (Lipinski definition) is 2. The first-order valence-electron chi connectivity index (χ1n) is 9.46. The third-order valence-corrected chi connectivity index (χ3v) is 5.29. The van der Waals surface area contributed by atoms with Crippen molar-refractivity contribution in [1.82, 2.24) is 0 Å². The van der Waals surface area contributed by atoms with Crippen LogP contribution in [-0.4, -0.2) is 23.4 Å². The molecule has 0 aromatic carbocycles. The molecular weight excluding hydrogens is 296 g/mol. The Morgan fingerprint density at radius 2 is 1.00 bits per heavy atom. The van der Waals surface area contributed by atoms with E-state index in [1.165, 1.54) is 11.1 Å². The highest BCUT2D eigenvalue weighted by molar-refractivity contribution is 5.01. The van der Waals surface area contributed by atoms with E-state index in [2.05, 4.69) is 55.4 Å². The van der Waals surface area contributed by atoms with Gasteiger partial charge in [0.1, 0.15) is 0 Å². The largest absolute Gasteiger partial charge is 0.392 e. The van der Waals surface area contributed by atoms with E-state index >= 15 is 0 Å². The predicted octanol–water partition coefficient (Wildman–Crippen LogP) is 5.75. The number of allylic oxidation sites excluding steroid dienone is 2. The van der Waals surface area contributed by atoms with Crippen molar-refractivity contribution < 1.29 is 10.2 Å². The van der Waals surface area contributed by atoms with Crippen LogP contribution in [0.5, 0.6) is 0 Å². The molecule has 142 valence electrons. The van der Waals surface area contributed by atoms with Crippen molar-refractivity contribution in [3.8, 4) is 0 Å². The van der Waals surface area contributed by atoms with Crippen LogP contribution in [0.1, 0.15) is 81.1 Å². The summed E-state index contributed by atoms with van der Waals surface area (Å²) in [6.07, 6.45) is 8.30. The molecular formula is C22H42O2. The van der Waals surface area contributed by atoms with Gasteiger partial charge in [-0.15, -0.1) is 0 Å². The average molecular weight is 339 g/mol. The van der Waals surface area contributed by atoms with Crippen molar-refractivity contribution >= 4 is 0 Å². The van der Waals surface area contributed by atoms with Gasteiger partial charge >= 0.3 is 0 Å². The van der Waals surface area contributed by atoms with Crippen molar-refractivity contribution in [1.29, 1.82) is 0 Å². The number of aliphatic hydroxyl groups is 2. The number of hydrogen-bond acceptors (Lipinski definition) is 2. The molecule has 0 aliphatic heterocycles. The Kier molecular flexibility index (Phi) is 10.1. The van der Waals surface area contributed by atoms with Gasteiger partial charge in [-0.1, -0.05) is 64.8 Å². The van der Waals surface area contributed by atoms with Gasteiger partial charge in [-0.05, 0) is 62.2 Å². The molecule has 0 aliphatic carbocycles. The molecule has 24 heavy (non-hydrogen) atoms. The van der Waals surface area contributed by atoms with Crippen molar-refractivity contribution in [2.24, 2.45) is 22.7 Å². The molecule has 0 spiro atoms. The summed E-state index contributed by atoms with van der Waals surface area (Å²) in [4.78, 5) is 0. The van der Waals surface area contributed by atoms with Crippen LogP contribution in [0.4, 0.5) is 0 Å². The van der Waals surface area contributed by atoms with Gasteiger partial charge in [0.15, 0.2) is 0 Å².